The molecule has 19 heavy (non-hydrogen) atoms. The van der Waals surface area contributed by atoms with E-state index in [1.165, 1.54) is 5.56 Å². The van der Waals surface area contributed by atoms with Crippen molar-refractivity contribution in [1.82, 2.24) is 4.90 Å². The van der Waals surface area contributed by atoms with Crippen LogP contribution >= 0.6 is 0 Å². The van der Waals surface area contributed by atoms with Crippen LogP contribution in [-0.2, 0) is 20.8 Å². The summed E-state index contributed by atoms with van der Waals surface area (Å²) < 4.78 is 26.8. The molecule has 104 valence electrons. The topological polar surface area (TPSA) is 46.6 Å². The quantitative estimate of drug-likeness (QED) is 0.764. The van der Waals surface area contributed by atoms with Gasteiger partial charge in [-0.1, -0.05) is 30.3 Å². The largest absolute Gasteiger partial charge is 0.298 e. The van der Waals surface area contributed by atoms with Crippen molar-refractivity contribution >= 4 is 10.1 Å². The molecule has 3 rings (SSSR count). The van der Waals surface area contributed by atoms with Crippen molar-refractivity contribution < 1.29 is 12.6 Å². The fourth-order valence-electron chi connectivity index (χ4n) is 3.16. The number of nitrogens with zero attached hydrogens (tertiary/aromatic N) is 1. The molecule has 0 amide bonds. The van der Waals surface area contributed by atoms with Gasteiger partial charge in [0, 0.05) is 19.6 Å². The third-order valence-corrected chi connectivity index (χ3v) is 4.73. The average molecular weight is 281 g/mol. The Morgan fingerprint density at radius 1 is 1.21 bits per heavy atom. The van der Waals surface area contributed by atoms with Gasteiger partial charge in [0.1, 0.15) is 0 Å². The van der Waals surface area contributed by atoms with E-state index in [0.29, 0.717) is 24.4 Å². The third-order valence-electron chi connectivity index (χ3n) is 4.17. The zero-order valence-electron chi connectivity index (χ0n) is 11.0. The Morgan fingerprint density at radius 3 is 2.42 bits per heavy atom. The van der Waals surface area contributed by atoms with Crippen LogP contribution in [0.1, 0.15) is 5.56 Å². The Morgan fingerprint density at radius 2 is 1.84 bits per heavy atom. The summed E-state index contributed by atoms with van der Waals surface area (Å²) in [5.41, 5.74) is 1.34. The molecule has 0 bridgehead atoms. The Labute approximate surface area is 114 Å². The molecule has 1 saturated heterocycles. The van der Waals surface area contributed by atoms with Crippen LogP contribution in [0.5, 0.6) is 0 Å². The second-order valence-corrected chi connectivity index (χ2v) is 7.30. The van der Waals surface area contributed by atoms with Gasteiger partial charge in [-0.2, -0.15) is 8.42 Å². The highest BCUT2D eigenvalue weighted by Gasteiger charge is 2.55. The summed E-state index contributed by atoms with van der Waals surface area (Å²) >= 11 is 0. The Hall–Kier alpha value is -0.910. The lowest BCUT2D eigenvalue weighted by Gasteiger charge is -2.19. The molecule has 1 aromatic rings. The summed E-state index contributed by atoms with van der Waals surface area (Å²) in [7, 11) is -3.29. The van der Waals surface area contributed by atoms with Crippen molar-refractivity contribution in [1.29, 1.82) is 0 Å². The molecule has 0 aromatic heterocycles. The van der Waals surface area contributed by atoms with Crippen molar-refractivity contribution in [2.24, 2.45) is 17.8 Å². The Balaban J connectivity index is 1.46. The van der Waals surface area contributed by atoms with Gasteiger partial charge in [0.05, 0.1) is 12.9 Å². The molecular formula is C14H19NO3S. The van der Waals surface area contributed by atoms with E-state index in [9.17, 15) is 8.42 Å². The summed E-state index contributed by atoms with van der Waals surface area (Å²) in [5, 5.41) is 0. The molecule has 2 fully saturated rings. The average Bonchev–Trinajstić information content (AvgIpc) is 2.80. The van der Waals surface area contributed by atoms with Gasteiger partial charge >= 0.3 is 0 Å². The van der Waals surface area contributed by atoms with Crippen LogP contribution in [0.15, 0.2) is 30.3 Å². The number of fused-ring (bicyclic) bond motifs is 1. The first-order valence-corrected chi connectivity index (χ1v) is 8.45. The number of hydrogen-bond acceptors (Lipinski definition) is 4. The van der Waals surface area contributed by atoms with Gasteiger partial charge in [-0.3, -0.25) is 9.08 Å². The minimum absolute atomic E-state index is 0.368. The highest BCUT2D eigenvalue weighted by molar-refractivity contribution is 7.85. The molecule has 0 spiro atoms. The fraction of sp³-hybridized carbons (Fsp3) is 0.571. The molecule has 3 atom stereocenters. The molecule has 2 aliphatic rings. The van der Waals surface area contributed by atoms with Crippen LogP contribution in [-0.4, -0.2) is 39.3 Å². The molecule has 1 aliphatic carbocycles. The van der Waals surface area contributed by atoms with Crippen LogP contribution in [0.4, 0.5) is 0 Å². The molecule has 1 aliphatic heterocycles. The van der Waals surface area contributed by atoms with E-state index in [4.69, 9.17) is 4.18 Å². The highest BCUT2D eigenvalue weighted by Crippen LogP contribution is 2.52. The van der Waals surface area contributed by atoms with Gasteiger partial charge in [-0.05, 0) is 23.3 Å². The first-order chi connectivity index (χ1) is 9.03. The summed E-state index contributed by atoms with van der Waals surface area (Å²) in [6, 6.07) is 10.5. The predicted molar refractivity (Wildman–Crippen MR) is 73.0 cm³/mol. The van der Waals surface area contributed by atoms with E-state index in [1.54, 1.807) is 0 Å². The van der Waals surface area contributed by atoms with Crippen molar-refractivity contribution in [3.05, 3.63) is 35.9 Å². The number of rotatable bonds is 5. The molecule has 4 nitrogen and oxygen atoms in total. The van der Waals surface area contributed by atoms with E-state index in [1.807, 2.05) is 6.07 Å². The number of piperidine rings is 1. The van der Waals surface area contributed by atoms with Crippen LogP contribution in [0.25, 0.3) is 0 Å². The summed E-state index contributed by atoms with van der Waals surface area (Å²) in [6.45, 7) is 3.50. The van der Waals surface area contributed by atoms with Crippen molar-refractivity contribution in [2.45, 2.75) is 6.54 Å². The number of hydrogen-bond donors (Lipinski definition) is 0. The molecule has 1 heterocycles. The van der Waals surface area contributed by atoms with Gasteiger partial charge in [0.15, 0.2) is 0 Å². The van der Waals surface area contributed by atoms with E-state index in [2.05, 4.69) is 29.2 Å². The first-order valence-electron chi connectivity index (χ1n) is 6.63. The van der Waals surface area contributed by atoms with Crippen molar-refractivity contribution in [3.63, 3.8) is 0 Å². The standard InChI is InChI=1S/C14H19NO3S/c1-19(16,17)18-10-14-12-8-15(9-13(12)14)7-11-5-3-2-4-6-11/h2-6,12-14H,7-10H2,1H3/t12-,13+,14-. The van der Waals surface area contributed by atoms with E-state index < -0.39 is 10.1 Å². The van der Waals surface area contributed by atoms with Gasteiger partial charge in [0.25, 0.3) is 10.1 Å². The molecule has 1 aromatic carbocycles. The molecule has 5 heteroatoms. The maximum Gasteiger partial charge on any atom is 0.264 e. The highest BCUT2D eigenvalue weighted by atomic mass is 32.2. The Bertz CT molecular complexity index is 531. The van der Waals surface area contributed by atoms with Crippen molar-refractivity contribution in [3.8, 4) is 0 Å². The summed E-state index contributed by atoms with van der Waals surface area (Å²) in [6.07, 6.45) is 1.12. The fourth-order valence-corrected chi connectivity index (χ4v) is 3.56. The van der Waals surface area contributed by atoms with Gasteiger partial charge in [-0.15, -0.1) is 0 Å². The predicted octanol–water partition coefficient (Wildman–Crippen LogP) is 1.34. The third kappa shape index (κ3) is 3.16. The van der Waals surface area contributed by atoms with E-state index in [-0.39, 0.29) is 0 Å². The maximum atomic E-state index is 11.0. The monoisotopic (exact) mass is 281 g/mol. The van der Waals surface area contributed by atoms with Crippen LogP contribution in [0, 0.1) is 17.8 Å². The smallest absolute Gasteiger partial charge is 0.264 e. The summed E-state index contributed by atoms with van der Waals surface area (Å²) in [4.78, 5) is 2.45. The zero-order chi connectivity index (χ0) is 13.5. The van der Waals surface area contributed by atoms with Gasteiger partial charge < -0.3 is 0 Å². The Kier molecular flexibility index (Phi) is 3.37. The molecular weight excluding hydrogens is 262 g/mol. The lowest BCUT2D eigenvalue weighted by molar-refractivity contribution is 0.234. The molecule has 0 unspecified atom stereocenters. The van der Waals surface area contributed by atoms with Crippen LogP contribution < -0.4 is 0 Å². The maximum absolute atomic E-state index is 11.0. The molecule has 1 saturated carbocycles. The van der Waals surface area contributed by atoms with E-state index in [0.717, 1.165) is 25.9 Å². The van der Waals surface area contributed by atoms with Gasteiger partial charge in [0.2, 0.25) is 0 Å². The van der Waals surface area contributed by atoms with E-state index >= 15 is 0 Å². The second kappa shape index (κ2) is 4.89. The first kappa shape index (κ1) is 13.1. The van der Waals surface area contributed by atoms with Crippen molar-refractivity contribution in [2.75, 3.05) is 26.0 Å². The lowest BCUT2D eigenvalue weighted by Crippen LogP contribution is -2.25. The normalized spacial score (nSPS) is 30.3. The second-order valence-electron chi connectivity index (χ2n) is 5.66. The minimum atomic E-state index is -3.29. The van der Waals surface area contributed by atoms with Gasteiger partial charge in [-0.25, -0.2) is 0 Å². The number of likely N-dealkylation sites (tertiary alicyclic amines) is 1. The molecule has 0 radical (unpaired) electrons. The minimum Gasteiger partial charge on any atom is -0.298 e. The SMILES string of the molecule is CS(=O)(=O)OC[C@H]1[C@H]2CN(Cc3ccccc3)C[C@@H]12. The van der Waals surface area contributed by atoms with Crippen LogP contribution in [0.2, 0.25) is 0 Å². The molecule has 0 N–H and O–H groups in total. The number of benzene rings is 1. The zero-order valence-corrected chi connectivity index (χ0v) is 11.8. The van der Waals surface area contributed by atoms with Crippen LogP contribution in [0.3, 0.4) is 0 Å². The lowest BCUT2D eigenvalue weighted by atomic mass is 10.2. The summed E-state index contributed by atoms with van der Waals surface area (Å²) in [5.74, 6) is 1.71.